The third-order valence-electron chi connectivity index (χ3n) is 4.83. The van der Waals surface area contributed by atoms with E-state index >= 15 is 0 Å². The van der Waals surface area contributed by atoms with E-state index in [0.717, 1.165) is 17.9 Å². The Labute approximate surface area is 179 Å². The molecular formula is C23H24N2O4S. The van der Waals surface area contributed by atoms with Gasteiger partial charge < -0.3 is 14.6 Å². The minimum Gasteiger partial charge on any atom is -0.483 e. The summed E-state index contributed by atoms with van der Waals surface area (Å²) < 4.78 is 7.84. The van der Waals surface area contributed by atoms with E-state index in [1.54, 1.807) is 29.5 Å². The van der Waals surface area contributed by atoms with Gasteiger partial charge in [0.1, 0.15) is 5.75 Å². The number of anilines is 1. The predicted octanol–water partition coefficient (Wildman–Crippen LogP) is 4.64. The molecule has 3 rings (SSSR count). The second-order valence-electron chi connectivity index (χ2n) is 7.11. The molecule has 0 radical (unpaired) electrons. The summed E-state index contributed by atoms with van der Waals surface area (Å²) in [6, 6.07) is 10.7. The third kappa shape index (κ3) is 4.86. The van der Waals surface area contributed by atoms with E-state index in [1.807, 2.05) is 31.4 Å². The Morgan fingerprint density at radius 3 is 2.50 bits per heavy atom. The van der Waals surface area contributed by atoms with Crippen molar-refractivity contribution in [3.8, 4) is 5.75 Å². The Bertz CT molecular complexity index is 1100. The molecule has 0 atom stereocenters. The fourth-order valence-corrected chi connectivity index (χ4v) is 3.95. The van der Waals surface area contributed by atoms with Crippen LogP contribution in [0.15, 0.2) is 41.8 Å². The summed E-state index contributed by atoms with van der Waals surface area (Å²) in [5.74, 6) is -0.266. The molecule has 0 unspecified atom stereocenters. The Morgan fingerprint density at radius 2 is 1.87 bits per heavy atom. The number of nitrogens with zero attached hydrogens (tertiary/aromatic N) is 1. The first kappa shape index (κ1) is 21.5. The number of nitrogens with one attached hydrogen (secondary N) is 1. The Morgan fingerprint density at radius 1 is 1.10 bits per heavy atom. The maximum Gasteiger partial charge on any atom is 0.221 e. The normalized spacial score (nSPS) is 10.7. The Kier molecular flexibility index (Phi) is 6.52. The van der Waals surface area contributed by atoms with Crippen molar-refractivity contribution in [2.45, 2.75) is 34.2 Å². The SMILES string of the molecule is CC(=O)Nc1ccc(C(C)=O)cc1OCC(=O)c1cc(C)n(Cc2cccs2)c1C. The van der Waals surface area contributed by atoms with Crippen LogP contribution < -0.4 is 10.1 Å². The fourth-order valence-electron chi connectivity index (χ4n) is 3.26. The molecule has 0 spiro atoms. The molecule has 156 valence electrons. The van der Waals surface area contributed by atoms with E-state index in [-0.39, 0.29) is 24.1 Å². The molecule has 6 nitrogen and oxygen atoms in total. The summed E-state index contributed by atoms with van der Waals surface area (Å²) in [7, 11) is 0. The van der Waals surface area contributed by atoms with E-state index in [4.69, 9.17) is 4.74 Å². The standard InChI is InChI=1S/C23H24N2O4S/c1-14-10-20(15(2)25(14)12-19-6-5-9-30-19)22(28)13-29-23-11-18(16(3)26)7-8-21(23)24-17(4)27/h5-11H,12-13H2,1-4H3,(H,24,27). The molecule has 3 aromatic rings. The van der Waals surface area contributed by atoms with E-state index in [0.29, 0.717) is 22.6 Å². The average molecular weight is 425 g/mol. The number of ketones is 2. The van der Waals surface area contributed by atoms with Crippen molar-refractivity contribution in [2.75, 3.05) is 11.9 Å². The van der Waals surface area contributed by atoms with Crippen LogP contribution in [0.3, 0.4) is 0 Å². The number of carbonyl (C=O) groups is 3. The zero-order chi connectivity index (χ0) is 21.8. The maximum atomic E-state index is 12.9. The van der Waals surface area contributed by atoms with Gasteiger partial charge >= 0.3 is 0 Å². The van der Waals surface area contributed by atoms with Crippen LogP contribution in [0, 0.1) is 13.8 Å². The molecule has 0 saturated heterocycles. The van der Waals surface area contributed by atoms with Gasteiger partial charge in [-0.2, -0.15) is 0 Å². The number of aryl methyl sites for hydroxylation is 1. The van der Waals surface area contributed by atoms with Crippen molar-refractivity contribution < 1.29 is 19.1 Å². The number of rotatable bonds is 8. The van der Waals surface area contributed by atoms with Gasteiger partial charge in [-0.25, -0.2) is 0 Å². The van der Waals surface area contributed by atoms with Gasteiger partial charge in [-0.15, -0.1) is 11.3 Å². The number of carbonyl (C=O) groups excluding carboxylic acids is 3. The lowest BCUT2D eigenvalue weighted by Crippen LogP contribution is -2.15. The van der Waals surface area contributed by atoms with Crippen LogP contribution in [-0.4, -0.2) is 28.6 Å². The molecule has 0 aliphatic heterocycles. The third-order valence-corrected chi connectivity index (χ3v) is 5.69. The smallest absolute Gasteiger partial charge is 0.221 e. The molecule has 7 heteroatoms. The molecule has 0 fully saturated rings. The first-order chi connectivity index (χ1) is 14.3. The summed E-state index contributed by atoms with van der Waals surface area (Å²) in [6.45, 7) is 7.26. The Balaban J connectivity index is 1.79. The molecule has 30 heavy (non-hydrogen) atoms. The molecule has 1 N–H and O–H groups in total. The average Bonchev–Trinajstić information content (AvgIpc) is 3.30. The number of hydrogen-bond donors (Lipinski definition) is 1. The van der Waals surface area contributed by atoms with Crippen LogP contribution in [0.25, 0.3) is 0 Å². The summed E-state index contributed by atoms with van der Waals surface area (Å²) in [5.41, 5.74) is 3.35. The number of hydrogen-bond acceptors (Lipinski definition) is 5. The van der Waals surface area contributed by atoms with E-state index in [1.165, 1.54) is 18.7 Å². The van der Waals surface area contributed by atoms with Gasteiger partial charge in [0.15, 0.2) is 12.4 Å². The van der Waals surface area contributed by atoms with Crippen molar-refractivity contribution in [3.63, 3.8) is 0 Å². The minimum absolute atomic E-state index is 0.127. The minimum atomic E-state index is -0.265. The highest BCUT2D eigenvalue weighted by Gasteiger charge is 2.18. The van der Waals surface area contributed by atoms with Crippen LogP contribution in [0.4, 0.5) is 5.69 Å². The maximum absolute atomic E-state index is 12.9. The molecule has 0 aliphatic rings. The summed E-state index contributed by atoms with van der Waals surface area (Å²) >= 11 is 1.68. The topological polar surface area (TPSA) is 77.4 Å². The number of ether oxygens (including phenoxy) is 1. The number of amides is 1. The number of aromatic nitrogens is 1. The molecule has 1 aromatic carbocycles. The lowest BCUT2D eigenvalue weighted by Gasteiger charge is -2.13. The quantitative estimate of drug-likeness (QED) is 0.535. The molecule has 0 saturated carbocycles. The van der Waals surface area contributed by atoms with E-state index in [9.17, 15) is 14.4 Å². The van der Waals surface area contributed by atoms with Crippen molar-refractivity contribution >= 4 is 34.5 Å². The van der Waals surface area contributed by atoms with Gasteiger partial charge in [-0.05, 0) is 56.5 Å². The van der Waals surface area contributed by atoms with Crippen molar-refractivity contribution in [2.24, 2.45) is 0 Å². The zero-order valence-electron chi connectivity index (χ0n) is 17.4. The van der Waals surface area contributed by atoms with Crippen molar-refractivity contribution in [3.05, 3.63) is 69.2 Å². The van der Waals surface area contributed by atoms with Crippen molar-refractivity contribution in [1.82, 2.24) is 4.57 Å². The molecule has 1 amide bonds. The molecule has 0 bridgehead atoms. The highest BCUT2D eigenvalue weighted by atomic mass is 32.1. The summed E-state index contributed by atoms with van der Waals surface area (Å²) in [4.78, 5) is 37.2. The second kappa shape index (κ2) is 9.09. The molecule has 2 aromatic heterocycles. The number of benzene rings is 1. The van der Waals surface area contributed by atoms with Crippen LogP contribution in [0.1, 0.15) is 50.8 Å². The van der Waals surface area contributed by atoms with Crippen molar-refractivity contribution in [1.29, 1.82) is 0 Å². The monoisotopic (exact) mass is 424 g/mol. The predicted molar refractivity (Wildman–Crippen MR) is 118 cm³/mol. The largest absolute Gasteiger partial charge is 0.483 e. The fraction of sp³-hybridized carbons (Fsp3) is 0.261. The number of Topliss-reactive ketones (excluding diaryl/α,β-unsaturated/α-hetero) is 2. The van der Waals surface area contributed by atoms with Gasteiger partial charge in [-0.1, -0.05) is 6.07 Å². The van der Waals surface area contributed by atoms with Crippen LogP contribution in [0.5, 0.6) is 5.75 Å². The van der Waals surface area contributed by atoms with Gasteiger partial charge in [0.05, 0.1) is 12.2 Å². The highest BCUT2D eigenvalue weighted by molar-refractivity contribution is 7.09. The van der Waals surface area contributed by atoms with Gasteiger partial charge in [0.25, 0.3) is 0 Å². The second-order valence-corrected chi connectivity index (χ2v) is 8.14. The lowest BCUT2D eigenvalue weighted by atomic mass is 10.1. The molecular weight excluding hydrogens is 400 g/mol. The van der Waals surface area contributed by atoms with Gasteiger partial charge in [-0.3, -0.25) is 14.4 Å². The summed E-state index contributed by atoms with van der Waals surface area (Å²) in [5, 5.41) is 4.70. The lowest BCUT2D eigenvalue weighted by molar-refractivity contribution is -0.114. The van der Waals surface area contributed by atoms with E-state index < -0.39 is 0 Å². The summed E-state index contributed by atoms with van der Waals surface area (Å²) in [6.07, 6.45) is 0. The van der Waals surface area contributed by atoms with Gasteiger partial charge in [0.2, 0.25) is 11.7 Å². The van der Waals surface area contributed by atoms with Crippen LogP contribution >= 0.6 is 11.3 Å². The molecule has 2 heterocycles. The number of thiophene rings is 1. The van der Waals surface area contributed by atoms with Gasteiger partial charge in [0, 0.05) is 34.3 Å². The van der Waals surface area contributed by atoms with Crippen LogP contribution in [0.2, 0.25) is 0 Å². The molecule has 0 aliphatic carbocycles. The Hall–Kier alpha value is -3.19. The zero-order valence-corrected chi connectivity index (χ0v) is 18.3. The first-order valence-electron chi connectivity index (χ1n) is 9.54. The van der Waals surface area contributed by atoms with E-state index in [2.05, 4.69) is 16.0 Å². The highest BCUT2D eigenvalue weighted by Crippen LogP contribution is 2.27. The van der Waals surface area contributed by atoms with Crippen LogP contribution in [-0.2, 0) is 11.3 Å². The first-order valence-corrected chi connectivity index (χ1v) is 10.4.